The Bertz CT molecular complexity index is 1240. The third-order valence-electron chi connectivity index (χ3n) is 4.51. The number of carbonyl (C=O) groups excluding carboxylic acids is 3. The van der Waals surface area contributed by atoms with E-state index in [1.165, 1.54) is 29.2 Å². The predicted octanol–water partition coefficient (Wildman–Crippen LogP) is 4.76. The number of nitrogens with one attached hydrogen (secondary N) is 1. The summed E-state index contributed by atoms with van der Waals surface area (Å²) in [4.78, 5) is 38.3. The van der Waals surface area contributed by atoms with Crippen LogP contribution in [0.4, 0.5) is 26.7 Å². The minimum Gasteiger partial charge on any atom is -0.505 e. The van der Waals surface area contributed by atoms with Crippen molar-refractivity contribution in [2.75, 3.05) is 9.91 Å². The van der Waals surface area contributed by atoms with Gasteiger partial charge in [0.05, 0.1) is 11.4 Å². The molecule has 0 atom stereocenters. The SMILES string of the molecule is NC(=O)/C=C/c1cccc(N(NC(N)=O)C(=O)N(c2ccccc2Br)c2ccccc2Br)c1O. The number of halogens is 2. The lowest BCUT2D eigenvalue weighted by Gasteiger charge is -2.32. The van der Waals surface area contributed by atoms with Crippen molar-refractivity contribution < 1.29 is 19.5 Å². The summed E-state index contributed by atoms with van der Waals surface area (Å²) in [6.07, 6.45) is 2.34. The average Bonchev–Trinajstić information content (AvgIpc) is 2.79. The highest BCUT2D eigenvalue weighted by atomic mass is 79.9. The van der Waals surface area contributed by atoms with Gasteiger partial charge in [0.2, 0.25) is 5.91 Å². The Labute approximate surface area is 211 Å². The molecule has 0 saturated heterocycles. The molecule has 0 fully saturated rings. The second-order valence-corrected chi connectivity index (χ2v) is 8.49. The van der Waals surface area contributed by atoms with Crippen molar-refractivity contribution in [3.05, 3.63) is 87.3 Å². The van der Waals surface area contributed by atoms with Gasteiger partial charge in [-0.1, -0.05) is 36.4 Å². The molecule has 0 aromatic heterocycles. The summed E-state index contributed by atoms with van der Waals surface area (Å²) in [5, 5.41) is 11.7. The van der Waals surface area contributed by atoms with Crippen LogP contribution >= 0.6 is 31.9 Å². The fourth-order valence-corrected chi connectivity index (χ4v) is 3.98. The molecule has 0 bridgehead atoms. The van der Waals surface area contributed by atoms with E-state index in [9.17, 15) is 19.5 Å². The number of phenols is 1. The molecule has 3 rings (SSSR count). The minimum absolute atomic E-state index is 0.0838. The summed E-state index contributed by atoms with van der Waals surface area (Å²) < 4.78 is 1.20. The molecule has 6 N–H and O–H groups in total. The number of hydrazine groups is 1. The first-order valence-corrected chi connectivity index (χ1v) is 11.3. The number of benzene rings is 3. The number of aromatic hydroxyl groups is 1. The maximum Gasteiger partial charge on any atom is 0.352 e. The minimum atomic E-state index is -1.04. The maximum atomic E-state index is 14.0. The number of amides is 5. The number of hydrogen-bond acceptors (Lipinski definition) is 4. The Morgan fingerprint density at radius 2 is 1.35 bits per heavy atom. The molecular formula is C23H19Br2N5O4. The van der Waals surface area contributed by atoms with Crippen LogP contribution in [0, 0.1) is 0 Å². The van der Waals surface area contributed by atoms with E-state index in [-0.39, 0.29) is 17.0 Å². The Morgan fingerprint density at radius 3 is 1.85 bits per heavy atom. The highest BCUT2D eigenvalue weighted by molar-refractivity contribution is 9.11. The smallest absolute Gasteiger partial charge is 0.352 e. The molecule has 0 aliphatic carbocycles. The van der Waals surface area contributed by atoms with E-state index in [1.807, 2.05) is 0 Å². The van der Waals surface area contributed by atoms with Gasteiger partial charge >= 0.3 is 12.1 Å². The molecule has 0 saturated carbocycles. The molecular weight excluding hydrogens is 570 g/mol. The molecule has 5 amide bonds. The summed E-state index contributed by atoms with van der Waals surface area (Å²) in [6.45, 7) is 0. The van der Waals surface area contributed by atoms with Crippen molar-refractivity contribution in [2.45, 2.75) is 0 Å². The molecule has 174 valence electrons. The lowest BCUT2D eigenvalue weighted by atomic mass is 10.1. The standard InChI is InChI=1S/C23H19Br2N5O4/c24-15-7-1-3-9-17(15)29(18-10-4-2-8-16(18)25)23(34)30(28-22(27)33)19-11-5-6-14(21(19)32)12-13-20(26)31/h1-13,32H,(H2,26,31)(H3,27,28,33)/b13-12+. The van der Waals surface area contributed by atoms with Crippen molar-refractivity contribution in [1.82, 2.24) is 5.43 Å². The highest BCUT2D eigenvalue weighted by Gasteiger charge is 2.30. The number of anilines is 3. The van der Waals surface area contributed by atoms with Crippen molar-refractivity contribution in [3.8, 4) is 5.75 Å². The zero-order valence-electron chi connectivity index (χ0n) is 17.5. The zero-order chi connectivity index (χ0) is 24.8. The molecule has 3 aromatic rings. The second kappa shape index (κ2) is 10.9. The van der Waals surface area contributed by atoms with Crippen molar-refractivity contribution >= 4 is 73.0 Å². The molecule has 11 heteroatoms. The van der Waals surface area contributed by atoms with Crippen LogP contribution in [0.2, 0.25) is 0 Å². The van der Waals surface area contributed by atoms with Gasteiger partial charge in [-0.2, -0.15) is 5.01 Å². The lowest BCUT2D eigenvalue weighted by Crippen LogP contribution is -2.53. The largest absolute Gasteiger partial charge is 0.505 e. The Hall–Kier alpha value is -3.83. The molecule has 3 aromatic carbocycles. The number of urea groups is 2. The van der Waals surface area contributed by atoms with E-state index in [1.54, 1.807) is 48.5 Å². The highest BCUT2D eigenvalue weighted by Crippen LogP contribution is 2.39. The first-order valence-electron chi connectivity index (χ1n) is 9.69. The van der Waals surface area contributed by atoms with Gasteiger partial charge in [0.25, 0.3) is 0 Å². The molecule has 0 spiro atoms. The number of phenolic OH excluding ortho intramolecular Hbond substituents is 1. The van der Waals surface area contributed by atoms with E-state index in [0.29, 0.717) is 20.3 Å². The molecule has 34 heavy (non-hydrogen) atoms. The van der Waals surface area contributed by atoms with Gasteiger partial charge in [0.15, 0.2) is 0 Å². The Kier molecular flexibility index (Phi) is 7.92. The van der Waals surface area contributed by atoms with Crippen molar-refractivity contribution in [3.63, 3.8) is 0 Å². The lowest BCUT2D eigenvalue weighted by molar-refractivity contribution is -0.113. The quantitative estimate of drug-likeness (QED) is 0.252. The monoisotopic (exact) mass is 587 g/mol. The van der Waals surface area contributed by atoms with Crippen LogP contribution in [-0.4, -0.2) is 23.1 Å². The Balaban J connectivity index is 2.20. The van der Waals surface area contributed by atoms with Gasteiger partial charge in [0.1, 0.15) is 11.4 Å². The van der Waals surface area contributed by atoms with E-state index < -0.39 is 18.0 Å². The second-order valence-electron chi connectivity index (χ2n) is 6.78. The van der Waals surface area contributed by atoms with Crippen LogP contribution < -0.4 is 26.8 Å². The molecule has 0 heterocycles. The zero-order valence-corrected chi connectivity index (χ0v) is 20.7. The molecule has 0 unspecified atom stereocenters. The van der Waals surface area contributed by atoms with Crippen LogP contribution in [0.1, 0.15) is 5.56 Å². The van der Waals surface area contributed by atoms with Gasteiger partial charge < -0.3 is 16.6 Å². The summed E-state index contributed by atoms with van der Waals surface area (Å²) in [5.41, 5.74) is 13.8. The number of rotatable bonds is 5. The fraction of sp³-hybridized carbons (Fsp3) is 0. The van der Waals surface area contributed by atoms with Crippen LogP contribution in [0.15, 0.2) is 81.8 Å². The normalized spacial score (nSPS) is 10.6. The first kappa shape index (κ1) is 24.8. The molecule has 0 aliphatic rings. The van der Waals surface area contributed by atoms with Crippen molar-refractivity contribution in [1.29, 1.82) is 0 Å². The Morgan fingerprint density at radius 1 is 0.824 bits per heavy atom. The third kappa shape index (κ3) is 5.56. The number of nitrogens with zero attached hydrogens (tertiary/aromatic N) is 2. The van der Waals surface area contributed by atoms with E-state index in [4.69, 9.17) is 11.5 Å². The average molecular weight is 589 g/mol. The van der Waals surface area contributed by atoms with E-state index >= 15 is 0 Å². The van der Waals surface area contributed by atoms with Gasteiger partial charge in [-0.05, 0) is 68.3 Å². The third-order valence-corrected chi connectivity index (χ3v) is 5.85. The van der Waals surface area contributed by atoms with Crippen LogP contribution in [-0.2, 0) is 4.79 Å². The van der Waals surface area contributed by atoms with Gasteiger partial charge in [0, 0.05) is 20.6 Å². The van der Waals surface area contributed by atoms with Gasteiger partial charge in [-0.25, -0.2) is 15.0 Å². The van der Waals surface area contributed by atoms with Crippen LogP contribution in [0.3, 0.4) is 0 Å². The molecule has 0 aliphatic heterocycles. The predicted molar refractivity (Wildman–Crippen MR) is 137 cm³/mol. The van der Waals surface area contributed by atoms with Gasteiger partial charge in [-0.3, -0.25) is 9.69 Å². The van der Waals surface area contributed by atoms with E-state index in [0.717, 1.165) is 11.1 Å². The van der Waals surface area contributed by atoms with Crippen molar-refractivity contribution in [2.24, 2.45) is 11.5 Å². The van der Waals surface area contributed by atoms with Crippen LogP contribution in [0.5, 0.6) is 5.75 Å². The van der Waals surface area contributed by atoms with Crippen LogP contribution in [0.25, 0.3) is 6.08 Å². The number of hydrogen-bond donors (Lipinski definition) is 4. The summed E-state index contributed by atoms with van der Waals surface area (Å²) in [5.74, 6) is -1.11. The molecule has 0 radical (unpaired) electrons. The summed E-state index contributed by atoms with van der Waals surface area (Å²) >= 11 is 6.92. The summed E-state index contributed by atoms with van der Waals surface area (Å²) in [6, 6.07) is 16.6. The number of primary amides is 2. The number of para-hydroxylation sites is 3. The summed E-state index contributed by atoms with van der Waals surface area (Å²) in [7, 11) is 0. The maximum absolute atomic E-state index is 14.0. The molecule has 9 nitrogen and oxygen atoms in total. The number of nitrogens with two attached hydrogens (primary N) is 2. The number of carbonyl (C=O) groups is 3. The first-order chi connectivity index (χ1) is 16.2. The van der Waals surface area contributed by atoms with Gasteiger partial charge in [-0.15, -0.1) is 0 Å². The fourth-order valence-electron chi connectivity index (χ4n) is 3.06. The topological polar surface area (TPSA) is 142 Å². The van der Waals surface area contributed by atoms with E-state index in [2.05, 4.69) is 37.3 Å².